The van der Waals surface area contributed by atoms with Crippen molar-refractivity contribution in [1.82, 2.24) is 4.98 Å². The molecule has 2 aliphatic carbocycles. The molecule has 0 N–H and O–H groups in total. The number of ketones is 1. The number of pyridine rings is 1. The lowest BCUT2D eigenvalue weighted by Gasteiger charge is -2.19. The number of hydrogen-bond acceptors (Lipinski definition) is 6. The van der Waals surface area contributed by atoms with Crippen molar-refractivity contribution < 1.29 is 23.9 Å². The van der Waals surface area contributed by atoms with Gasteiger partial charge in [-0.05, 0) is 67.5 Å². The third kappa shape index (κ3) is 4.44. The quantitative estimate of drug-likeness (QED) is 0.129. The van der Waals surface area contributed by atoms with Crippen molar-refractivity contribution in [3.63, 3.8) is 0 Å². The molecule has 1 aromatic heterocycles. The summed E-state index contributed by atoms with van der Waals surface area (Å²) in [4.78, 5) is 58.5. The molecule has 2 saturated carbocycles. The average molecular weight is 644 g/mol. The van der Waals surface area contributed by atoms with Gasteiger partial charge in [-0.3, -0.25) is 19.3 Å². The van der Waals surface area contributed by atoms with E-state index >= 15 is 0 Å². The molecule has 2 amide bonds. The van der Waals surface area contributed by atoms with Crippen molar-refractivity contribution in [3.05, 3.63) is 93.4 Å². The number of esters is 1. The van der Waals surface area contributed by atoms with Gasteiger partial charge in [0.05, 0.1) is 39.3 Å². The average Bonchev–Trinajstić information content (AvgIpc) is 3.69. The molecule has 7 rings (SSSR count). The zero-order valence-corrected chi connectivity index (χ0v) is 24.6. The Bertz CT molecular complexity index is 1760. The van der Waals surface area contributed by atoms with Crippen molar-refractivity contribution in [3.8, 4) is 11.3 Å². The largest absolute Gasteiger partial charge is 0.454 e. The molecule has 4 aromatic rings. The van der Waals surface area contributed by atoms with Crippen LogP contribution in [0.1, 0.15) is 40.0 Å². The first-order valence-electron chi connectivity index (χ1n) is 13.8. The van der Waals surface area contributed by atoms with Crippen molar-refractivity contribution >= 4 is 67.7 Å². The zero-order valence-electron chi connectivity index (χ0n) is 22.3. The third-order valence-electron chi connectivity index (χ3n) is 8.86. The molecule has 9 heteroatoms. The summed E-state index contributed by atoms with van der Waals surface area (Å²) in [6, 6.07) is 20.6. The highest BCUT2D eigenvalue weighted by atomic mass is 79.9. The standard InChI is InChI=1S/C33H24BrClN2O5/c34-21-10-6-18(7-11-21)27(38)16-42-33(41)24-15-26(36-30-23(24)2-1-3-25(30)35)17-8-12-22(13-9-17)37-31(39)28-19-4-5-20(14-19)29(28)32(37)40/h1-3,6-13,15,19-20,28-29H,4-5,14,16H2. The molecule has 3 aliphatic rings. The minimum atomic E-state index is -0.678. The first-order valence-corrected chi connectivity index (χ1v) is 15.0. The Morgan fingerprint density at radius 3 is 2.26 bits per heavy atom. The molecule has 0 spiro atoms. The van der Waals surface area contributed by atoms with Crippen LogP contribution in [0.4, 0.5) is 5.69 Å². The number of benzene rings is 3. The lowest BCUT2D eigenvalue weighted by Crippen LogP contribution is -2.32. The molecule has 7 nitrogen and oxygen atoms in total. The van der Waals surface area contributed by atoms with Gasteiger partial charge in [0.1, 0.15) is 0 Å². The van der Waals surface area contributed by atoms with Crippen LogP contribution in [0.5, 0.6) is 0 Å². The molecule has 1 saturated heterocycles. The number of Topliss-reactive ketones (excluding diaryl/α,β-unsaturated/α-hetero) is 1. The summed E-state index contributed by atoms with van der Waals surface area (Å²) in [7, 11) is 0. The van der Waals surface area contributed by atoms with Crippen LogP contribution < -0.4 is 4.90 Å². The van der Waals surface area contributed by atoms with Crippen LogP contribution >= 0.6 is 27.5 Å². The smallest absolute Gasteiger partial charge is 0.339 e. The number of rotatable bonds is 6. The van der Waals surface area contributed by atoms with Crippen LogP contribution in [0.2, 0.25) is 5.02 Å². The maximum Gasteiger partial charge on any atom is 0.339 e. The van der Waals surface area contributed by atoms with Crippen LogP contribution in [0.3, 0.4) is 0 Å². The van der Waals surface area contributed by atoms with Crippen LogP contribution in [0.25, 0.3) is 22.2 Å². The van der Waals surface area contributed by atoms with Gasteiger partial charge in [-0.15, -0.1) is 0 Å². The number of fused-ring (bicyclic) bond motifs is 6. The van der Waals surface area contributed by atoms with Gasteiger partial charge in [-0.1, -0.05) is 63.9 Å². The fourth-order valence-corrected chi connectivity index (χ4v) is 7.38. The lowest BCUT2D eigenvalue weighted by atomic mass is 9.81. The van der Waals surface area contributed by atoms with Crippen LogP contribution in [-0.4, -0.2) is 35.2 Å². The zero-order chi connectivity index (χ0) is 29.1. The predicted molar refractivity (Wildman–Crippen MR) is 161 cm³/mol. The van der Waals surface area contributed by atoms with E-state index in [0.717, 1.165) is 23.7 Å². The maximum absolute atomic E-state index is 13.3. The second kappa shape index (κ2) is 10.4. The highest BCUT2D eigenvalue weighted by Crippen LogP contribution is 2.56. The van der Waals surface area contributed by atoms with E-state index in [9.17, 15) is 19.2 Å². The Labute approximate surface area is 254 Å². The highest BCUT2D eigenvalue weighted by Gasteiger charge is 2.61. The Kier molecular flexibility index (Phi) is 6.71. The Balaban J connectivity index is 1.17. The van der Waals surface area contributed by atoms with E-state index in [1.165, 1.54) is 4.90 Å². The molecule has 42 heavy (non-hydrogen) atoms. The highest BCUT2D eigenvalue weighted by molar-refractivity contribution is 9.10. The first kappa shape index (κ1) is 27.0. The molecule has 3 fully saturated rings. The van der Waals surface area contributed by atoms with E-state index in [1.807, 2.05) is 0 Å². The van der Waals surface area contributed by atoms with Crippen molar-refractivity contribution in [2.45, 2.75) is 19.3 Å². The molecule has 4 unspecified atom stereocenters. The summed E-state index contributed by atoms with van der Waals surface area (Å²) in [5.41, 5.74) is 2.73. The van der Waals surface area contributed by atoms with Gasteiger partial charge in [-0.25, -0.2) is 9.78 Å². The molecule has 3 aromatic carbocycles. The summed E-state index contributed by atoms with van der Waals surface area (Å²) in [5, 5.41) is 0.860. The van der Waals surface area contributed by atoms with Gasteiger partial charge >= 0.3 is 5.97 Å². The number of nitrogens with zero attached hydrogens (tertiary/aromatic N) is 2. The summed E-state index contributed by atoms with van der Waals surface area (Å²) in [5.74, 6) is -0.944. The van der Waals surface area contributed by atoms with E-state index in [4.69, 9.17) is 21.3 Å². The second-order valence-corrected chi connectivity index (χ2v) is 12.5. The van der Waals surface area contributed by atoms with Crippen molar-refractivity contribution in [1.29, 1.82) is 0 Å². The maximum atomic E-state index is 13.3. The predicted octanol–water partition coefficient (Wildman–Crippen LogP) is 6.89. The Morgan fingerprint density at radius 2 is 1.60 bits per heavy atom. The van der Waals surface area contributed by atoms with Gasteiger partial charge in [0.2, 0.25) is 11.8 Å². The number of aromatic nitrogens is 1. The number of amides is 2. The van der Waals surface area contributed by atoms with Gasteiger partial charge in [-0.2, -0.15) is 0 Å². The fourth-order valence-electron chi connectivity index (χ4n) is 6.90. The van der Waals surface area contributed by atoms with Gasteiger partial charge in [0.15, 0.2) is 12.4 Å². The first-order chi connectivity index (χ1) is 20.3. The summed E-state index contributed by atoms with van der Waals surface area (Å²) in [6.45, 7) is -0.420. The monoisotopic (exact) mass is 642 g/mol. The molecule has 2 heterocycles. The molecule has 4 atom stereocenters. The SMILES string of the molecule is O=C(COC(=O)c1cc(-c2ccc(N3C(=O)C4C5CCC(C5)C4C3=O)cc2)nc2c(Cl)cccc12)c1ccc(Br)cc1. The Hall–Kier alpha value is -3.88. The normalized spacial score (nSPS) is 22.6. The summed E-state index contributed by atoms with van der Waals surface area (Å²) in [6.07, 6.45) is 3.03. The van der Waals surface area contributed by atoms with Crippen LogP contribution in [-0.2, 0) is 14.3 Å². The number of ether oxygens (including phenoxy) is 1. The molecule has 0 radical (unpaired) electrons. The minimum Gasteiger partial charge on any atom is -0.454 e. The number of carbonyl (C=O) groups is 4. The van der Waals surface area contributed by atoms with Crippen LogP contribution in [0, 0.1) is 23.7 Å². The number of anilines is 1. The minimum absolute atomic E-state index is 0.0942. The van der Waals surface area contributed by atoms with Crippen molar-refractivity contribution in [2.75, 3.05) is 11.5 Å². The number of carbonyl (C=O) groups excluding carboxylic acids is 4. The number of imide groups is 1. The second-order valence-electron chi connectivity index (χ2n) is 11.1. The van der Waals surface area contributed by atoms with Crippen molar-refractivity contribution in [2.24, 2.45) is 23.7 Å². The van der Waals surface area contributed by atoms with Gasteiger partial charge < -0.3 is 4.74 Å². The summed E-state index contributed by atoms with van der Waals surface area (Å²) < 4.78 is 6.27. The Morgan fingerprint density at radius 1 is 0.929 bits per heavy atom. The molecule has 1 aliphatic heterocycles. The van der Waals surface area contributed by atoms with Gasteiger partial charge in [0.25, 0.3) is 0 Å². The van der Waals surface area contributed by atoms with Crippen LogP contribution in [0.15, 0.2) is 77.3 Å². The molecule has 2 bridgehead atoms. The molecular weight excluding hydrogens is 620 g/mol. The van der Waals surface area contributed by atoms with E-state index in [2.05, 4.69) is 15.9 Å². The topological polar surface area (TPSA) is 93.6 Å². The van der Waals surface area contributed by atoms with E-state index in [-0.39, 0.29) is 35.0 Å². The number of halogens is 2. The lowest BCUT2D eigenvalue weighted by molar-refractivity contribution is -0.123. The molecular formula is C33H24BrClN2O5. The van der Waals surface area contributed by atoms with E-state index < -0.39 is 12.6 Å². The third-order valence-corrected chi connectivity index (χ3v) is 9.69. The number of hydrogen-bond donors (Lipinski definition) is 0. The van der Waals surface area contributed by atoms with E-state index in [1.54, 1.807) is 72.8 Å². The fraction of sp³-hybridized carbons (Fsp3) is 0.242. The molecule has 210 valence electrons. The summed E-state index contributed by atoms with van der Waals surface area (Å²) >= 11 is 9.82. The van der Waals surface area contributed by atoms with E-state index in [0.29, 0.717) is 50.3 Å². The number of para-hydroxylation sites is 1. The van der Waals surface area contributed by atoms with Gasteiger partial charge in [0, 0.05) is 21.0 Å².